The molecular weight excluding hydrogens is 248 g/mol. The van der Waals surface area contributed by atoms with Crippen LogP contribution in [0.25, 0.3) is 0 Å². The molecule has 0 radical (unpaired) electrons. The molecule has 4 rings (SSSR count). The predicted octanol–water partition coefficient (Wildman–Crippen LogP) is 2.85. The van der Waals surface area contributed by atoms with E-state index in [0.717, 1.165) is 36.5 Å². The van der Waals surface area contributed by atoms with Gasteiger partial charge in [0.15, 0.2) is 0 Å². The molecule has 0 spiro atoms. The van der Waals surface area contributed by atoms with Crippen LogP contribution in [0.15, 0.2) is 12.2 Å². The lowest BCUT2D eigenvalue weighted by molar-refractivity contribution is -0.139. The fraction of sp³-hybridized carbons (Fsp3) is 0.889. The van der Waals surface area contributed by atoms with E-state index in [1.54, 1.807) is 0 Å². The molecule has 0 aliphatic heterocycles. The maximum atomic E-state index is 10.3. The lowest BCUT2D eigenvalue weighted by atomic mass is 9.48. The Morgan fingerprint density at radius 3 is 1.65 bits per heavy atom. The van der Waals surface area contributed by atoms with Crippen LogP contribution in [0.5, 0.6) is 0 Å². The Morgan fingerprint density at radius 1 is 0.850 bits per heavy atom. The van der Waals surface area contributed by atoms with Crippen LogP contribution in [0.2, 0.25) is 0 Å². The van der Waals surface area contributed by atoms with E-state index in [0.29, 0.717) is 11.8 Å². The smallest absolute Gasteiger partial charge is 0.0496 e. The highest BCUT2D eigenvalue weighted by Crippen LogP contribution is 2.77. The maximum Gasteiger partial charge on any atom is 0.0496 e. The van der Waals surface area contributed by atoms with Crippen molar-refractivity contribution in [3.05, 3.63) is 12.2 Å². The van der Waals surface area contributed by atoms with Crippen LogP contribution in [0, 0.1) is 46.3 Å². The zero-order valence-corrected chi connectivity index (χ0v) is 12.8. The molecular formula is C18H28O2. The molecule has 0 amide bonds. The summed E-state index contributed by atoms with van der Waals surface area (Å²) >= 11 is 0. The molecule has 2 N–H and O–H groups in total. The van der Waals surface area contributed by atoms with E-state index in [-0.39, 0.29) is 24.0 Å². The van der Waals surface area contributed by atoms with Crippen molar-refractivity contribution in [1.29, 1.82) is 0 Å². The van der Waals surface area contributed by atoms with Gasteiger partial charge in [-0.1, -0.05) is 26.0 Å². The van der Waals surface area contributed by atoms with Crippen molar-refractivity contribution < 1.29 is 10.2 Å². The zero-order chi connectivity index (χ0) is 14.1. The van der Waals surface area contributed by atoms with Crippen LogP contribution in [0.4, 0.5) is 0 Å². The molecule has 20 heavy (non-hydrogen) atoms. The first-order chi connectivity index (χ1) is 9.69. The first-order valence-corrected chi connectivity index (χ1v) is 8.59. The first kappa shape index (κ1) is 13.3. The van der Waals surface area contributed by atoms with Crippen molar-refractivity contribution >= 4 is 0 Å². The maximum absolute atomic E-state index is 10.3. The van der Waals surface area contributed by atoms with Crippen LogP contribution >= 0.6 is 0 Å². The highest BCUT2D eigenvalue weighted by atomic mass is 16.3. The number of fused-ring (bicyclic) bond motifs is 9. The second-order valence-corrected chi connectivity index (χ2v) is 7.89. The van der Waals surface area contributed by atoms with E-state index >= 15 is 0 Å². The summed E-state index contributed by atoms with van der Waals surface area (Å²) in [5.41, 5.74) is -0.0543. The third-order valence-corrected chi connectivity index (χ3v) is 8.26. The molecule has 4 aliphatic carbocycles. The Balaban J connectivity index is 1.84. The molecule has 3 fully saturated rings. The van der Waals surface area contributed by atoms with Crippen LogP contribution in [-0.4, -0.2) is 23.4 Å². The second kappa shape index (κ2) is 4.10. The van der Waals surface area contributed by atoms with Crippen LogP contribution in [-0.2, 0) is 0 Å². The van der Waals surface area contributed by atoms with Crippen LogP contribution < -0.4 is 0 Å². The highest BCUT2D eigenvalue weighted by molar-refractivity contribution is 5.27. The normalized spacial score (nSPS) is 58.6. The number of hydrogen-bond acceptors (Lipinski definition) is 2. The van der Waals surface area contributed by atoms with Crippen LogP contribution in [0.3, 0.4) is 0 Å². The van der Waals surface area contributed by atoms with Gasteiger partial charge in [0.2, 0.25) is 0 Å². The molecule has 3 saturated carbocycles. The topological polar surface area (TPSA) is 40.5 Å². The van der Waals surface area contributed by atoms with Gasteiger partial charge in [-0.3, -0.25) is 0 Å². The molecule has 0 aromatic heterocycles. The quantitative estimate of drug-likeness (QED) is 0.612. The molecule has 4 aliphatic rings. The molecule has 2 nitrogen and oxygen atoms in total. The summed E-state index contributed by atoms with van der Waals surface area (Å²) in [7, 11) is 0. The summed E-state index contributed by atoms with van der Waals surface area (Å²) < 4.78 is 0. The van der Waals surface area contributed by atoms with Gasteiger partial charge < -0.3 is 10.2 Å². The van der Waals surface area contributed by atoms with Crippen molar-refractivity contribution in [2.45, 2.75) is 39.5 Å². The van der Waals surface area contributed by atoms with Gasteiger partial charge in [-0.2, -0.15) is 0 Å². The Kier molecular flexibility index (Phi) is 2.74. The summed E-state index contributed by atoms with van der Waals surface area (Å²) in [5, 5.41) is 20.6. The van der Waals surface area contributed by atoms with Crippen molar-refractivity contribution in [2.75, 3.05) is 13.2 Å². The molecule has 0 aromatic carbocycles. The van der Waals surface area contributed by atoms with E-state index in [9.17, 15) is 10.2 Å². The lowest BCUT2D eigenvalue weighted by Gasteiger charge is -2.57. The molecule has 0 aromatic rings. The van der Waals surface area contributed by atoms with Gasteiger partial charge in [0.05, 0.1) is 0 Å². The average molecular weight is 276 g/mol. The third kappa shape index (κ3) is 1.14. The van der Waals surface area contributed by atoms with Gasteiger partial charge in [0.25, 0.3) is 0 Å². The Morgan fingerprint density at radius 2 is 1.30 bits per heavy atom. The SMILES string of the molecule is CCC1(CO)C2CC(C3C4C=CC(C4)C32)C1(CC)CO. The number of allylic oxidation sites excluding steroid dienone is 2. The molecule has 112 valence electrons. The van der Waals surface area contributed by atoms with Gasteiger partial charge in [-0.15, -0.1) is 0 Å². The molecule has 0 saturated heterocycles. The molecule has 0 heterocycles. The summed E-state index contributed by atoms with van der Waals surface area (Å²) in [6.45, 7) is 5.00. The molecule has 8 atom stereocenters. The van der Waals surface area contributed by atoms with E-state index in [4.69, 9.17) is 0 Å². The zero-order valence-electron chi connectivity index (χ0n) is 12.8. The van der Waals surface area contributed by atoms with Crippen molar-refractivity contribution in [3.8, 4) is 0 Å². The summed E-state index contributed by atoms with van der Waals surface area (Å²) in [6.07, 6.45) is 9.55. The monoisotopic (exact) mass is 276 g/mol. The minimum absolute atomic E-state index is 0.0271. The van der Waals surface area contributed by atoms with Gasteiger partial charge in [0, 0.05) is 24.0 Å². The number of aliphatic hydroxyl groups excluding tert-OH is 2. The van der Waals surface area contributed by atoms with Gasteiger partial charge in [-0.05, 0) is 61.2 Å². The highest BCUT2D eigenvalue weighted by Gasteiger charge is 2.74. The molecule has 8 unspecified atom stereocenters. The second-order valence-electron chi connectivity index (χ2n) is 7.89. The first-order valence-electron chi connectivity index (χ1n) is 8.59. The van der Waals surface area contributed by atoms with Crippen molar-refractivity contribution in [2.24, 2.45) is 46.3 Å². The van der Waals surface area contributed by atoms with Gasteiger partial charge >= 0.3 is 0 Å². The number of hydrogen-bond donors (Lipinski definition) is 2. The minimum Gasteiger partial charge on any atom is -0.396 e. The van der Waals surface area contributed by atoms with Crippen LogP contribution in [0.1, 0.15) is 39.5 Å². The predicted molar refractivity (Wildman–Crippen MR) is 78.9 cm³/mol. The van der Waals surface area contributed by atoms with E-state index < -0.39 is 0 Å². The Bertz CT molecular complexity index is 395. The third-order valence-electron chi connectivity index (χ3n) is 8.26. The van der Waals surface area contributed by atoms with Crippen molar-refractivity contribution in [1.82, 2.24) is 0 Å². The lowest BCUT2D eigenvalue weighted by Crippen LogP contribution is -2.56. The largest absolute Gasteiger partial charge is 0.396 e. The average Bonchev–Trinajstić information content (AvgIpc) is 3.21. The molecule has 4 bridgehead atoms. The van der Waals surface area contributed by atoms with Crippen molar-refractivity contribution in [3.63, 3.8) is 0 Å². The number of rotatable bonds is 4. The fourth-order valence-corrected chi connectivity index (χ4v) is 7.55. The van der Waals surface area contributed by atoms with E-state index in [1.807, 2.05) is 0 Å². The summed E-state index contributed by atoms with van der Waals surface area (Å²) in [4.78, 5) is 0. The Labute approximate surface area is 122 Å². The standard InChI is InChI=1S/C18H28O2/c1-3-17(9-19)13-8-14(18(17,4-2)10-20)16-12-6-5-11(7-12)15(13)16/h5-6,11-16,19-20H,3-4,7-10H2,1-2H3. The summed E-state index contributed by atoms with van der Waals surface area (Å²) in [5.74, 6) is 4.41. The minimum atomic E-state index is -0.0271. The van der Waals surface area contributed by atoms with Gasteiger partial charge in [0.1, 0.15) is 0 Å². The van der Waals surface area contributed by atoms with E-state index in [2.05, 4.69) is 26.0 Å². The summed E-state index contributed by atoms with van der Waals surface area (Å²) in [6, 6.07) is 0. The fourth-order valence-electron chi connectivity index (χ4n) is 7.55. The molecule has 2 heteroatoms. The van der Waals surface area contributed by atoms with E-state index in [1.165, 1.54) is 12.8 Å². The Hall–Kier alpha value is -0.340. The van der Waals surface area contributed by atoms with Gasteiger partial charge in [-0.25, -0.2) is 0 Å². The number of aliphatic hydroxyl groups is 2.